The van der Waals surface area contributed by atoms with Gasteiger partial charge in [-0.15, -0.1) is 0 Å². The van der Waals surface area contributed by atoms with Crippen LogP contribution in [0.5, 0.6) is 0 Å². The molecule has 14 nitrogen and oxygen atoms in total. The molecular formula is C24H37N7O7. The number of likely N-dealkylation sites (N-methyl/N-ethyl adjacent to an activating group) is 1. The first-order valence-corrected chi connectivity index (χ1v) is 11.9. The van der Waals surface area contributed by atoms with Crippen LogP contribution in [0.3, 0.4) is 0 Å². The molecule has 0 spiro atoms. The third-order valence-electron chi connectivity index (χ3n) is 5.00. The van der Waals surface area contributed by atoms with Gasteiger partial charge in [0.2, 0.25) is 29.5 Å². The summed E-state index contributed by atoms with van der Waals surface area (Å²) in [7, 11) is 1.34. The van der Waals surface area contributed by atoms with Crippen molar-refractivity contribution in [3.05, 3.63) is 30.1 Å². The molecule has 8 N–H and O–H groups in total. The highest BCUT2D eigenvalue weighted by atomic mass is 16.6. The first-order chi connectivity index (χ1) is 17.6. The molecule has 0 aliphatic rings. The molecule has 14 heteroatoms. The summed E-state index contributed by atoms with van der Waals surface area (Å²) in [5, 5.41) is 4.85. The fourth-order valence-electron chi connectivity index (χ4n) is 3.29. The van der Waals surface area contributed by atoms with Crippen molar-refractivity contribution >= 4 is 35.5 Å². The summed E-state index contributed by atoms with van der Waals surface area (Å²) in [4.78, 5) is 78.5. The van der Waals surface area contributed by atoms with E-state index in [9.17, 15) is 28.8 Å². The predicted molar refractivity (Wildman–Crippen MR) is 135 cm³/mol. The topological polar surface area (TPSA) is 230 Å². The number of pyridine rings is 1. The normalized spacial score (nSPS) is 13.4. The number of hydrogen-bond donors (Lipinski definition) is 5. The molecule has 1 aromatic heterocycles. The molecule has 3 atom stereocenters. The van der Waals surface area contributed by atoms with Crippen LogP contribution in [-0.2, 0) is 39.9 Å². The number of hydrogen-bond acceptors (Lipinski definition) is 9. The van der Waals surface area contributed by atoms with E-state index in [1.165, 1.54) is 19.4 Å². The van der Waals surface area contributed by atoms with Crippen LogP contribution in [0.15, 0.2) is 24.5 Å². The van der Waals surface area contributed by atoms with Crippen molar-refractivity contribution in [1.29, 1.82) is 0 Å². The largest absolute Gasteiger partial charge is 0.460 e. The van der Waals surface area contributed by atoms with Crippen LogP contribution < -0.4 is 27.8 Å². The molecule has 0 bridgehead atoms. The van der Waals surface area contributed by atoms with Crippen LogP contribution in [0.25, 0.3) is 0 Å². The van der Waals surface area contributed by atoms with Gasteiger partial charge in [-0.1, -0.05) is 6.07 Å². The molecule has 0 unspecified atom stereocenters. The molecule has 1 heterocycles. The second-order valence-corrected chi connectivity index (χ2v) is 9.75. The average molecular weight is 536 g/mol. The summed E-state index contributed by atoms with van der Waals surface area (Å²) in [5.41, 5.74) is 16.2. The Kier molecular flexibility index (Phi) is 12.3. The Balaban J connectivity index is 2.98. The van der Waals surface area contributed by atoms with E-state index in [1.54, 1.807) is 32.9 Å². The number of carbonyl (C=O) groups excluding carboxylic acids is 6. The third kappa shape index (κ3) is 12.3. The standard InChI is InChI=1S/C24H37N7O7/c1-24(2,3)38-20(34)8-7-15(25)21(35)29-16(11-18(26)32)22(36)30-17(10-14-6-5-9-28-12-14)23(37)31(4)13-19(27)33/h5-6,9,12,15-17H,7-8,10-11,13,25H2,1-4H3,(H2,26,32)(H2,27,33)(H,29,35)(H,30,36)/t15-,16-,17-/m0/s1. The minimum Gasteiger partial charge on any atom is -0.460 e. The highest BCUT2D eigenvalue weighted by Gasteiger charge is 2.31. The van der Waals surface area contributed by atoms with Crippen molar-refractivity contribution in [3.8, 4) is 0 Å². The Morgan fingerprint density at radius 2 is 1.66 bits per heavy atom. The molecule has 0 aliphatic carbocycles. The van der Waals surface area contributed by atoms with Crippen LogP contribution in [0.1, 0.15) is 45.6 Å². The molecule has 210 valence electrons. The van der Waals surface area contributed by atoms with E-state index in [4.69, 9.17) is 21.9 Å². The van der Waals surface area contributed by atoms with Gasteiger partial charge in [0.25, 0.3) is 0 Å². The number of nitrogens with one attached hydrogen (secondary N) is 2. The first-order valence-electron chi connectivity index (χ1n) is 11.9. The van der Waals surface area contributed by atoms with Gasteiger partial charge in [-0.05, 0) is 38.8 Å². The van der Waals surface area contributed by atoms with Crippen LogP contribution in [0.2, 0.25) is 0 Å². The number of primary amides is 2. The lowest BCUT2D eigenvalue weighted by Gasteiger charge is -2.26. The zero-order chi connectivity index (χ0) is 29.0. The second-order valence-electron chi connectivity index (χ2n) is 9.75. The van der Waals surface area contributed by atoms with Crippen molar-refractivity contribution in [2.75, 3.05) is 13.6 Å². The highest BCUT2D eigenvalue weighted by Crippen LogP contribution is 2.10. The minimum absolute atomic E-state index is 0.00580. The van der Waals surface area contributed by atoms with Gasteiger partial charge in [0, 0.05) is 32.3 Å². The Labute approximate surface area is 221 Å². The molecule has 0 saturated carbocycles. The fraction of sp³-hybridized carbons (Fsp3) is 0.542. The van der Waals surface area contributed by atoms with Crippen LogP contribution in [0, 0.1) is 0 Å². The van der Waals surface area contributed by atoms with Gasteiger partial charge in [0.15, 0.2) is 0 Å². The third-order valence-corrected chi connectivity index (χ3v) is 5.00. The van der Waals surface area contributed by atoms with Crippen LogP contribution >= 0.6 is 0 Å². The zero-order valence-electron chi connectivity index (χ0n) is 22.1. The van der Waals surface area contributed by atoms with E-state index in [2.05, 4.69) is 15.6 Å². The maximum atomic E-state index is 13.1. The van der Waals surface area contributed by atoms with Gasteiger partial charge in [-0.3, -0.25) is 33.8 Å². The minimum atomic E-state index is -1.46. The van der Waals surface area contributed by atoms with Gasteiger partial charge in [-0.25, -0.2) is 0 Å². The number of carbonyl (C=O) groups is 6. The smallest absolute Gasteiger partial charge is 0.306 e. The Hall–Kier alpha value is -4.07. The zero-order valence-corrected chi connectivity index (χ0v) is 22.1. The van der Waals surface area contributed by atoms with Crippen LogP contribution in [-0.4, -0.2) is 82.7 Å². The maximum Gasteiger partial charge on any atom is 0.306 e. The average Bonchev–Trinajstić information content (AvgIpc) is 2.79. The van der Waals surface area contributed by atoms with Crippen molar-refractivity contribution in [1.82, 2.24) is 20.5 Å². The number of esters is 1. The van der Waals surface area contributed by atoms with Crippen molar-refractivity contribution in [2.45, 2.75) is 70.2 Å². The summed E-state index contributed by atoms with van der Waals surface area (Å²) >= 11 is 0. The molecule has 0 radical (unpaired) electrons. The number of aromatic nitrogens is 1. The van der Waals surface area contributed by atoms with Gasteiger partial charge in [0.1, 0.15) is 17.7 Å². The van der Waals surface area contributed by atoms with Gasteiger partial charge >= 0.3 is 5.97 Å². The monoisotopic (exact) mass is 535 g/mol. The molecule has 0 saturated heterocycles. The Morgan fingerprint density at radius 1 is 1.03 bits per heavy atom. The number of nitrogens with two attached hydrogens (primary N) is 3. The maximum absolute atomic E-state index is 13.1. The van der Waals surface area contributed by atoms with E-state index in [-0.39, 0.29) is 19.3 Å². The molecule has 0 fully saturated rings. The fourth-order valence-corrected chi connectivity index (χ4v) is 3.29. The molecule has 1 aromatic rings. The molecule has 1 rings (SSSR count). The van der Waals surface area contributed by atoms with Gasteiger partial charge in [-0.2, -0.15) is 0 Å². The lowest BCUT2D eigenvalue weighted by atomic mass is 10.0. The number of nitrogens with zero attached hydrogens (tertiary/aromatic N) is 2. The van der Waals surface area contributed by atoms with E-state index >= 15 is 0 Å². The lowest BCUT2D eigenvalue weighted by molar-refractivity contribution is -0.155. The second kappa shape index (κ2) is 14.6. The Bertz CT molecular complexity index is 1010. The van der Waals surface area contributed by atoms with E-state index in [1.807, 2.05) is 0 Å². The lowest BCUT2D eigenvalue weighted by Crippen LogP contribution is -2.57. The molecule has 5 amide bonds. The quantitative estimate of drug-likeness (QED) is 0.163. The summed E-state index contributed by atoms with van der Waals surface area (Å²) in [6, 6.07) is -0.525. The summed E-state index contributed by atoms with van der Waals surface area (Å²) in [6.07, 6.45) is 2.21. The van der Waals surface area contributed by atoms with Crippen molar-refractivity contribution in [3.63, 3.8) is 0 Å². The van der Waals surface area contributed by atoms with E-state index in [0.717, 1.165) is 4.90 Å². The first kappa shape index (κ1) is 32.0. The van der Waals surface area contributed by atoms with Gasteiger partial charge in [0.05, 0.1) is 19.0 Å². The van der Waals surface area contributed by atoms with Crippen molar-refractivity contribution < 1.29 is 33.5 Å². The summed E-state index contributed by atoms with van der Waals surface area (Å²) < 4.78 is 5.18. The van der Waals surface area contributed by atoms with Crippen LogP contribution in [0.4, 0.5) is 0 Å². The molecule has 0 aromatic carbocycles. The number of rotatable bonds is 14. The van der Waals surface area contributed by atoms with Crippen molar-refractivity contribution in [2.24, 2.45) is 17.2 Å². The summed E-state index contributed by atoms with van der Waals surface area (Å²) in [5.74, 6) is -4.54. The molecule has 0 aliphatic heterocycles. The SMILES string of the molecule is CN(CC(N)=O)C(=O)[C@H](Cc1cccnc1)NC(=O)[C@H](CC(N)=O)NC(=O)[C@@H](N)CCC(=O)OC(C)(C)C. The molecular weight excluding hydrogens is 498 g/mol. The number of amides is 5. The van der Waals surface area contributed by atoms with E-state index < -0.39 is 72.2 Å². The van der Waals surface area contributed by atoms with Gasteiger partial charge < -0.3 is 37.5 Å². The predicted octanol–water partition coefficient (Wildman–Crippen LogP) is -2.14. The Morgan fingerprint density at radius 3 is 2.18 bits per heavy atom. The van der Waals surface area contributed by atoms with E-state index in [0.29, 0.717) is 5.56 Å². The molecule has 38 heavy (non-hydrogen) atoms. The summed E-state index contributed by atoms with van der Waals surface area (Å²) in [6.45, 7) is 4.69. The number of ether oxygens (including phenoxy) is 1. The highest BCUT2D eigenvalue weighted by molar-refractivity contribution is 5.96.